The molecule has 16 heavy (non-hydrogen) atoms. The molecule has 0 amide bonds. The number of alkyl halides is 1. The molecule has 8 heteroatoms. The molecular formula is C8H17ClO7. The molecule has 7 N–H and O–H groups in total. The first-order chi connectivity index (χ1) is 7.36. The van der Waals surface area contributed by atoms with Gasteiger partial charge in [0.1, 0.15) is 30.5 Å². The molecule has 0 aliphatic carbocycles. The Balaban J connectivity index is 4.41. The number of hydrogen-bond donors (Lipinski definition) is 7. The first-order valence-electron chi connectivity index (χ1n) is 4.62. The molecule has 0 aromatic heterocycles. The van der Waals surface area contributed by atoms with Crippen LogP contribution in [-0.4, -0.2) is 84.9 Å². The lowest BCUT2D eigenvalue weighted by Crippen LogP contribution is -2.53. The molecule has 0 fully saturated rings. The molecule has 0 radical (unpaired) electrons. The molecule has 0 spiro atoms. The zero-order chi connectivity index (χ0) is 12.9. The Hall–Kier alpha value is 0.01000. The van der Waals surface area contributed by atoms with Crippen LogP contribution in [0.1, 0.15) is 0 Å². The van der Waals surface area contributed by atoms with Crippen LogP contribution in [0, 0.1) is 0 Å². The highest BCUT2D eigenvalue weighted by atomic mass is 35.5. The number of halogens is 1. The van der Waals surface area contributed by atoms with E-state index >= 15 is 0 Å². The van der Waals surface area contributed by atoms with Crippen molar-refractivity contribution in [3.63, 3.8) is 0 Å². The van der Waals surface area contributed by atoms with E-state index < -0.39 is 43.2 Å². The van der Waals surface area contributed by atoms with Crippen molar-refractivity contribution in [1.29, 1.82) is 0 Å². The summed E-state index contributed by atoms with van der Waals surface area (Å²) in [6.07, 6.45) is -10.6. The van der Waals surface area contributed by atoms with Crippen molar-refractivity contribution in [2.45, 2.75) is 36.6 Å². The van der Waals surface area contributed by atoms with Crippen molar-refractivity contribution < 1.29 is 35.7 Å². The van der Waals surface area contributed by atoms with E-state index in [1.165, 1.54) is 0 Å². The quantitative estimate of drug-likeness (QED) is 0.234. The Kier molecular flexibility index (Phi) is 7.36. The smallest absolute Gasteiger partial charge is 0.111 e. The van der Waals surface area contributed by atoms with Gasteiger partial charge in [-0.1, -0.05) is 0 Å². The first-order valence-corrected chi connectivity index (χ1v) is 5.15. The maximum atomic E-state index is 9.33. The van der Waals surface area contributed by atoms with Gasteiger partial charge >= 0.3 is 0 Å². The van der Waals surface area contributed by atoms with Crippen molar-refractivity contribution in [2.24, 2.45) is 0 Å². The highest BCUT2D eigenvalue weighted by Crippen LogP contribution is 2.11. The van der Waals surface area contributed by atoms with Gasteiger partial charge < -0.3 is 35.7 Å². The van der Waals surface area contributed by atoms with E-state index in [1.54, 1.807) is 0 Å². The largest absolute Gasteiger partial charge is 0.394 e. The van der Waals surface area contributed by atoms with Gasteiger partial charge in [0, 0.05) is 0 Å². The number of aliphatic hydroxyl groups excluding tert-OH is 7. The Morgan fingerprint density at radius 1 is 0.688 bits per heavy atom. The second-order valence-corrected chi connectivity index (χ2v) is 3.74. The van der Waals surface area contributed by atoms with E-state index in [2.05, 4.69) is 0 Å². The molecule has 7 nitrogen and oxygen atoms in total. The average molecular weight is 261 g/mol. The van der Waals surface area contributed by atoms with Gasteiger partial charge in [0.25, 0.3) is 0 Å². The second kappa shape index (κ2) is 7.36. The molecule has 0 heterocycles. The van der Waals surface area contributed by atoms with Crippen LogP contribution in [0.2, 0.25) is 0 Å². The number of hydrogen-bond acceptors (Lipinski definition) is 7. The molecule has 0 unspecified atom stereocenters. The fraction of sp³-hybridized carbons (Fsp3) is 1.00. The summed E-state index contributed by atoms with van der Waals surface area (Å²) in [5.74, 6) is -0.371. The van der Waals surface area contributed by atoms with Crippen molar-refractivity contribution in [3.05, 3.63) is 0 Å². The van der Waals surface area contributed by atoms with Crippen LogP contribution in [0.25, 0.3) is 0 Å². The molecule has 0 saturated carbocycles. The zero-order valence-corrected chi connectivity index (χ0v) is 9.14. The van der Waals surface area contributed by atoms with Crippen LogP contribution in [0.3, 0.4) is 0 Å². The lowest BCUT2D eigenvalue weighted by Gasteiger charge is -2.29. The normalized spacial score (nSPS) is 23.2. The number of aliphatic hydroxyl groups is 7. The van der Waals surface area contributed by atoms with E-state index in [0.29, 0.717) is 0 Å². The maximum Gasteiger partial charge on any atom is 0.111 e. The van der Waals surface area contributed by atoms with Gasteiger partial charge in [-0.05, 0) is 0 Å². The Morgan fingerprint density at radius 3 is 1.38 bits per heavy atom. The minimum absolute atomic E-state index is 0.371. The highest BCUT2D eigenvalue weighted by Gasteiger charge is 2.36. The van der Waals surface area contributed by atoms with Crippen molar-refractivity contribution in [1.82, 2.24) is 0 Å². The van der Waals surface area contributed by atoms with Gasteiger partial charge in [-0.2, -0.15) is 0 Å². The summed E-state index contributed by atoms with van der Waals surface area (Å²) >= 11 is 5.21. The molecule has 0 bridgehead atoms. The minimum atomic E-state index is -1.92. The van der Waals surface area contributed by atoms with Crippen LogP contribution in [-0.2, 0) is 0 Å². The van der Waals surface area contributed by atoms with E-state index in [0.717, 1.165) is 0 Å². The summed E-state index contributed by atoms with van der Waals surface area (Å²) in [6.45, 7) is -0.820. The van der Waals surface area contributed by atoms with Gasteiger partial charge in [-0.15, -0.1) is 11.6 Å². The van der Waals surface area contributed by atoms with Crippen molar-refractivity contribution >= 4 is 11.6 Å². The Morgan fingerprint density at radius 2 is 1.06 bits per heavy atom. The third kappa shape index (κ3) is 4.11. The topological polar surface area (TPSA) is 142 Å². The van der Waals surface area contributed by atoms with Crippen LogP contribution < -0.4 is 0 Å². The molecule has 98 valence electrons. The van der Waals surface area contributed by atoms with Crippen molar-refractivity contribution in [3.8, 4) is 0 Å². The predicted octanol–water partition coefficient (Wildman–Crippen LogP) is -3.62. The molecular weight excluding hydrogens is 244 g/mol. The van der Waals surface area contributed by atoms with Gasteiger partial charge in [0.05, 0.1) is 18.6 Å². The average Bonchev–Trinajstić information content (AvgIpc) is 2.32. The van der Waals surface area contributed by atoms with Crippen LogP contribution in [0.4, 0.5) is 0 Å². The van der Waals surface area contributed by atoms with Crippen LogP contribution >= 0.6 is 11.6 Å². The van der Waals surface area contributed by atoms with Gasteiger partial charge in [0.2, 0.25) is 0 Å². The highest BCUT2D eigenvalue weighted by molar-refractivity contribution is 6.18. The summed E-state index contributed by atoms with van der Waals surface area (Å²) in [7, 11) is 0. The van der Waals surface area contributed by atoms with E-state index in [1.807, 2.05) is 0 Å². The SMILES string of the molecule is OC[C@@H](O)[C@H](O)[C@H](O)[C@H](O)[C@@H](O)[C@@H](O)CCl. The Bertz CT molecular complexity index is 173. The molecule has 0 saturated heterocycles. The standard InChI is InChI=1S/C8H17ClO7/c9-1-3(11)5(13)7(15)8(16)6(14)4(12)2-10/h3-8,10-16H,1-2H2/t3-,4+,5-,6-,7+,8-/m0/s1. The molecule has 6 atom stereocenters. The van der Waals surface area contributed by atoms with Gasteiger partial charge in [0.15, 0.2) is 0 Å². The summed E-state index contributed by atoms with van der Waals surface area (Å²) in [5.41, 5.74) is 0. The molecule has 0 aromatic carbocycles. The van der Waals surface area contributed by atoms with E-state index in [-0.39, 0.29) is 5.88 Å². The maximum absolute atomic E-state index is 9.33. The Labute approximate surface area is 97.2 Å². The zero-order valence-electron chi connectivity index (χ0n) is 8.39. The summed E-state index contributed by atoms with van der Waals surface area (Å²) in [5, 5.41) is 63.7. The third-order valence-corrected chi connectivity index (χ3v) is 2.50. The van der Waals surface area contributed by atoms with Crippen LogP contribution in [0.15, 0.2) is 0 Å². The minimum Gasteiger partial charge on any atom is -0.394 e. The van der Waals surface area contributed by atoms with E-state index in [4.69, 9.17) is 26.9 Å². The fourth-order valence-electron chi connectivity index (χ4n) is 1.06. The lowest BCUT2D eigenvalue weighted by molar-refractivity contribution is -0.155. The van der Waals surface area contributed by atoms with Crippen LogP contribution in [0.5, 0.6) is 0 Å². The third-order valence-electron chi connectivity index (χ3n) is 2.18. The monoisotopic (exact) mass is 260 g/mol. The molecule has 0 aliphatic rings. The van der Waals surface area contributed by atoms with Crippen molar-refractivity contribution in [2.75, 3.05) is 12.5 Å². The second-order valence-electron chi connectivity index (χ2n) is 3.43. The summed E-state index contributed by atoms with van der Waals surface area (Å²) < 4.78 is 0. The van der Waals surface area contributed by atoms with E-state index in [9.17, 15) is 20.4 Å². The first kappa shape index (κ1) is 16.0. The van der Waals surface area contributed by atoms with Gasteiger partial charge in [-0.3, -0.25) is 0 Å². The lowest BCUT2D eigenvalue weighted by atomic mass is 9.97. The summed E-state index contributed by atoms with van der Waals surface area (Å²) in [4.78, 5) is 0. The fourth-order valence-corrected chi connectivity index (χ4v) is 1.24. The molecule has 0 rings (SSSR count). The molecule has 0 aromatic rings. The molecule has 0 aliphatic heterocycles. The van der Waals surface area contributed by atoms with Gasteiger partial charge in [-0.25, -0.2) is 0 Å². The predicted molar refractivity (Wildman–Crippen MR) is 53.8 cm³/mol. The summed E-state index contributed by atoms with van der Waals surface area (Å²) in [6, 6.07) is 0. The number of rotatable bonds is 7.